The van der Waals surface area contributed by atoms with Gasteiger partial charge in [0.15, 0.2) is 0 Å². The van der Waals surface area contributed by atoms with Gasteiger partial charge in [0.05, 0.1) is 0 Å². The molecule has 0 nitrogen and oxygen atoms in total. The Morgan fingerprint density at radius 2 is 1.95 bits per heavy atom. The number of hydrogen-bond donors (Lipinski definition) is 0. The van der Waals surface area contributed by atoms with Crippen LogP contribution in [0.5, 0.6) is 0 Å². The van der Waals surface area contributed by atoms with Crippen molar-refractivity contribution in [2.75, 3.05) is 0 Å². The molecule has 0 radical (unpaired) electrons. The maximum Gasteiger partial charge on any atom is 0.0164 e. The fraction of sp³-hybridized carbons (Fsp3) is 0.300. The maximum atomic E-state index is 2.43. The third kappa shape index (κ3) is 2.94. The average Bonchev–Trinajstić information content (AvgIpc) is 2.47. The summed E-state index contributed by atoms with van der Waals surface area (Å²) < 4.78 is 0. The summed E-state index contributed by atoms with van der Waals surface area (Å²) in [6.07, 6.45) is 6.96. The van der Waals surface area contributed by atoms with E-state index in [-0.39, 0.29) is 0 Å². The molecule has 0 atom stereocenters. The Balaban J connectivity index is 2.15. The molecule has 21 heavy (non-hydrogen) atoms. The van der Waals surface area contributed by atoms with Crippen molar-refractivity contribution in [1.29, 1.82) is 0 Å². The highest BCUT2D eigenvalue weighted by Gasteiger charge is 2.20. The van der Waals surface area contributed by atoms with Gasteiger partial charge in [0.2, 0.25) is 0 Å². The number of hydrogen-bond acceptors (Lipinski definition) is 1. The number of allylic oxidation sites excluding steroid dienone is 3. The summed E-state index contributed by atoms with van der Waals surface area (Å²) >= 11 is 1.94. The quantitative estimate of drug-likeness (QED) is 0.620. The molecule has 3 rings (SSSR count). The van der Waals surface area contributed by atoms with Gasteiger partial charge in [0.1, 0.15) is 0 Å². The van der Waals surface area contributed by atoms with Crippen LogP contribution in [-0.4, -0.2) is 0 Å². The van der Waals surface area contributed by atoms with E-state index in [1.54, 1.807) is 0 Å². The monoisotopic (exact) mass is 294 g/mol. The van der Waals surface area contributed by atoms with Crippen LogP contribution in [-0.2, 0) is 6.42 Å². The van der Waals surface area contributed by atoms with Crippen molar-refractivity contribution in [3.63, 3.8) is 0 Å². The fourth-order valence-corrected chi connectivity index (χ4v) is 4.16. The highest BCUT2D eigenvalue weighted by atomic mass is 32.2. The molecule has 0 unspecified atom stereocenters. The highest BCUT2D eigenvalue weighted by Crippen LogP contribution is 2.44. The molecule has 2 aromatic carbocycles. The first-order valence-corrected chi connectivity index (χ1v) is 8.60. The van der Waals surface area contributed by atoms with Crippen LogP contribution in [0.3, 0.4) is 0 Å². The molecule has 0 saturated heterocycles. The molecule has 1 aliphatic rings. The zero-order valence-electron chi connectivity index (χ0n) is 13.0. The van der Waals surface area contributed by atoms with E-state index in [9.17, 15) is 0 Å². The first-order chi connectivity index (χ1) is 10.2. The second-order valence-electron chi connectivity index (χ2n) is 5.95. The van der Waals surface area contributed by atoms with E-state index >= 15 is 0 Å². The van der Waals surface area contributed by atoms with Crippen molar-refractivity contribution in [2.24, 2.45) is 5.92 Å². The first kappa shape index (κ1) is 14.5. The third-order valence-corrected chi connectivity index (χ3v) is 5.08. The fourth-order valence-electron chi connectivity index (χ4n) is 2.96. The van der Waals surface area contributed by atoms with Crippen LogP contribution in [0, 0.1) is 5.92 Å². The summed E-state index contributed by atoms with van der Waals surface area (Å²) in [7, 11) is 0. The zero-order chi connectivity index (χ0) is 14.8. The van der Waals surface area contributed by atoms with Gasteiger partial charge in [-0.25, -0.2) is 0 Å². The predicted octanol–water partition coefficient (Wildman–Crippen LogP) is 6.36. The molecule has 0 amide bonds. The van der Waals surface area contributed by atoms with Crippen LogP contribution in [0.1, 0.15) is 32.8 Å². The number of benzene rings is 2. The summed E-state index contributed by atoms with van der Waals surface area (Å²) in [5.74, 6) is 0.595. The van der Waals surface area contributed by atoms with Gasteiger partial charge in [-0.3, -0.25) is 0 Å². The summed E-state index contributed by atoms with van der Waals surface area (Å²) in [6, 6.07) is 13.3. The van der Waals surface area contributed by atoms with Gasteiger partial charge in [-0.05, 0) is 46.7 Å². The van der Waals surface area contributed by atoms with Crippen molar-refractivity contribution in [1.82, 2.24) is 0 Å². The van der Waals surface area contributed by atoms with Crippen molar-refractivity contribution in [3.8, 4) is 0 Å². The minimum atomic E-state index is 0.595. The Labute approximate surface area is 132 Å². The van der Waals surface area contributed by atoms with Gasteiger partial charge in [0.25, 0.3) is 0 Å². The average molecular weight is 294 g/mol. The van der Waals surface area contributed by atoms with Crippen LogP contribution in [0.25, 0.3) is 10.8 Å². The molecule has 1 aliphatic heterocycles. The molecule has 108 valence electrons. The van der Waals surface area contributed by atoms with Crippen LogP contribution in [0.2, 0.25) is 0 Å². The molecule has 0 bridgehead atoms. The molecule has 0 N–H and O–H groups in total. The maximum absolute atomic E-state index is 2.43. The molecule has 2 aromatic rings. The molecule has 0 spiro atoms. The molecule has 0 aromatic heterocycles. The van der Waals surface area contributed by atoms with Crippen LogP contribution in [0.4, 0.5) is 0 Å². The largest absolute Gasteiger partial charge is 0.0898 e. The van der Waals surface area contributed by atoms with Gasteiger partial charge < -0.3 is 0 Å². The van der Waals surface area contributed by atoms with Crippen LogP contribution in [0.15, 0.2) is 63.9 Å². The Bertz CT molecular complexity index is 720. The number of thioether (sulfide) groups is 1. The van der Waals surface area contributed by atoms with Crippen LogP contribution >= 0.6 is 11.8 Å². The summed E-state index contributed by atoms with van der Waals surface area (Å²) in [6.45, 7) is 6.75. The summed E-state index contributed by atoms with van der Waals surface area (Å²) in [4.78, 5) is 2.88. The van der Waals surface area contributed by atoms with Crippen molar-refractivity contribution in [3.05, 3.63) is 64.6 Å². The molecule has 0 aliphatic carbocycles. The molecule has 0 saturated carbocycles. The van der Waals surface area contributed by atoms with E-state index in [0.717, 1.165) is 12.8 Å². The zero-order valence-corrected chi connectivity index (χ0v) is 13.8. The lowest BCUT2D eigenvalue weighted by Crippen LogP contribution is -2.04. The SMILES string of the molecule is CC/C=C1/Sc2ccc3ccccc3c2C/C1=C/C(C)C. The second-order valence-corrected chi connectivity index (χ2v) is 7.04. The Hall–Kier alpha value is -1.47. The molecule has 1 heterocycles. The Morgan fingerprint density at radius 1 is 1.14 bits per heavy atom. The van der Waals surface area contributed by atoms with E-state index in [2.05, 4.69) is 69.3 Å². The second kappa shape index (κ2) is 6.11. The molecule has 1 heteroatoms. The lowest BCUT2D eigenvalue weighted by molar-refractivity contribution is 0.818. The van der Waals surface area contributed by atoms with Crippen LogP contribution < -0.4 is 0 Å². The summed E-state index contributed by atoms with van der Waals surface area (Å²) in [5, 5.41) is 2.76. The summed E-state index contributed by atoms with van der Waals surface area (Å²) in [5.41, 5.74) is 3.00. The normalized spacial score (nSPS) is 18.7. The third-order valence-electron chi connectivity index (χ3n) is 3.83. The van der Waals surface area contributed by atoms with Crippen molar-refractivity contribution >= 4 is 22.5 Å². The van der Waals surface area contributed by atoms with E-state index in [1.165, 1.54) is 31.7 Å². The number of fused-ring (bicyclic) bond motifs is 3. The topological polar surface area (TPSA) is 0 Å². The smallest absolute Gasteiger partial charge is 0.0164 e. The van der Waals surface area contributed by atoms with E-state index in [4.69, 9.17) is 0 Å². The van der Waals surface area contributed by atoms with Gasteiger partial charge in [-0.2, -0.15) is 0 Å². The van der Waals surface area contributed by atoms with Crippen molar-refractivity contribution in [2.45, 2.75) is 38.5 Å². The predicted molar refractivity (Wildman–Crippen MR) is 94.8 cm³/mol. The van der Waals surface area contributed by atoms with Gasteiger partial charge in [0, 0.05) is 9.80 Å². The molecule has 0 fully saturated rings. The van der Waals surface area contributed by atoms with E-state index in [1.807, 2.05) is 11.8 Å². The Kier molecular flexibility index (Phi) is 4.21. The molecular weight excluding hydrogens is 272 g/mol. The van der Waals surface area contributed by atoms with Gasteiger partial charge in [-0.15, -0.1) is 0 Å². The molecular formula is C20H22S. The minimum absolute atomic E-state index is 0.595. The minimum Gasteiger partial charge on any atom is -0.0898 e. The number of rotatable bonds is 2. The standard InChI is InChI=1S/C20H22S/c1-4-7-19-16(12-14(2)3)13-18-17-9-6-5-8-15(17)10-11-20(18)21-19/h5-12,14H,4,13H2,1-3H3/b16-12-,19-7+. The lowest BCUT2D eigenvalue weighted by Gasteiger charge is -2.23. The van der Waals surface area contributed by atoms with Gasteiger partial charge in [-0.1, -0.05) is 75.0 Å². The first-order valence-electron chi connectivity index (χ1n) is 7.78. The van der Waals surface area contributed by atoms with Gasteiger partial charge >= 0.3 is 0 Å². The van der Waals surface area contributed by atoms with Crippen molar-refractivity contribution < 1.29 is 0 Å². The highest BCUT2D eigenvalue weighted by molar-refractivity contribution is 8.03. The lowest BCUT2D eigenvalue weighted by atomic mass is 9.95. The van der Waals surface area contributed by atoms with E-state index < -0.39 is 0 Å². The Morgan fingerprint density at radius 3 is 2.71 bits per heavy atom. The van der Waals surface area contributed by atoms with E-state index in [0.29, 0.717) is 5.92 Å².